The Kier molecular flexibility index (Phi) is 7.42. The molecule has 2 aromatic rings. The van der Waals surface area contributed by atoms with Crippen molar-refractivity contribution in [3.8, 4) is 11.5 Å². The minimum absolute atomic E-state index is 0.152. The fourth-order valence-electron chi connectivity index (χ4n) is 2.09. The SMILES string of the molecule is COc1ccc(C(=O)OCC(=O)Nc2ccc(SC(F)F)cc2)c(OC)c1. The van der Waals surface area contributed by atoms with Crippen molar-refractivity contribution in [1.29, 1.82) is 0 Å². The molecule has 1 amide bonds. The molecule has 0 heterocycles. The van der Waals surface area contributed by atoms with Gasteiger partial charge in [-0.1, -0.05) is 11.8 Å². The summed E-state index contributed by atoms with van der Waals surface area (Å²) in [6, 6.07) is 10.4. The van der Waals surface area contributed by atoms with Gasteiger partial charge in [0.25, 0.3) is 11.7 Å². The molecule has 0 aliphatic heterocycles. The van der Waals surface area contributed by atoms with E-state index in [-0.39, 0.29) is 11.3 Å². The number of rotatable bonds is 8. The third-order valence-electron chi connectivity index (χ3n) is 3.33. The van der Waals surface area contributed by atoms with E-state index in [2.05, 4.69) is 5.32 Å². The van der Waals surface area contributed by atoms with Crippen LogP contribution < -0.4 is 14.8 Å². The van der Waals surface area contributed by atoms with Gasteiger partial charge in [0.15, 0.2) is 6.61 Å². The Morgan fingerprint density at radius 3 is 2.37 bits per heavy atom. The lowest BCUT2D eigenvalue weighted by molar-refractivity contribution is -0.119. The summed E-state index contributed by atoms with van der Waals surface area (Å²) in [5, 5.41) is 2.51. The number of alkyl halides is 2. The van der Waals surface area contributed by atoms with Crippen molar-refractivity contribution in [2.75, 3.05) is 26.1 Å². The molecule has 0 radical (unpaired) electrons. The van der Waals surface area contributed by atoms with Crippen LogP contribution in [0.2, 0.25) is 0 Å². The van der Waals surface area contributed by atoms with Gasteiger partial charge in [-0.25, -0.2) is 4.79 Å². The molecule has 0 aliphatic rings. The Hall–Kier alpha value is -2.81. The van der Waals surface area contributed by atoms with E-state index in [0.717, 1.165) is 0 Å². The van der Waals surface area contributed by atoms with Crippen molar-refractivity contribution >= 4 is 29.3 Å². The number of benzene rings is 2. The largest absolute Gasteiger partial charge is 0.497 e. The van der Waals surface area contributed by atoms with E-state index in [1.165, 1.54) is 50.6 Å². The number of amides is 1. The van der Waals surface area contributed by atoms with Gasteiger partial charge in [0.1, 0.15) is 17.1 Å². The zero-order chi connectivity index (χ0) is 19.8. The van der Waals surface area contributed by atoms with Crippen molar-refractivity contribution in [3.63, 3.8) is 0 Å². The number of thioether (sulfide) groups is 1. The van der Waals surface area contributed by atoms with Gasteiger partial charge in [0.2, 0.25) is 0 Å². The Labute approximate surface area is 158 Å². The van der Waals surface area contributed by atoms with Gasteiger partial charge < -0.3 is 19.5 Å². The molecular formula is C18H17F2NO5S. The minimum Gasteiger partial charge on any atom is -0.497 e. The summed E-state index contributed by atoms with van der Waals surface area (Å²) in [6.07, 6.45) is 0. The molecule has 0 aliphatic carbocycles. The number of anilines is 1. The fourth-order valence-corrected chi connectivity index (χ4v) is 2.59. The van der Waals surface area contributed by atoms with E-state index >= 15 is 0 Å². The average molecular weight is 397 g/mol. The Balaban J connectivity index is 1.90. The van der Waals surface area contributed by atoms with Crippen molar-refractivity contribution in [2.24, 2.45) is 0 Å². The maximum absolute atomic E-state index is 12.3. The molecule has 2 aromatic carbocycles. The molecule has 6 nitrogen and oxygen atoms in total. The van der Waals surface area contributed by atoms with Gasteiger partial charge in [-0.2, -0.15) is 8.78 Å². The molecule has 144 valence electrons. The number of methoxy groups -OCH3 is 2. The van der Waals surface area contributed by atoms with Crippen LogP contribution in [-0.2, 0) is 9.53 Å². The topological polar surface area (TPSA) is 73.9 Å². The Morgan fingerprint density at radius 2 is 1.78 bits per heavy atom. The maximum atomic E-state index is 12.3. The third-order valence-corrected chi connectivity index (χ3v) is 4.05. The molecule has 0 fully saturated rings. The first-order valence-corrected chi connectivity index (χ1v) is 8.54. The second-order valence-corrected chi connectivity index (χ2v) is 6.16. The number of carbonyl (C=O) groups excluding carboxylic acids is 2. The molecule has 1 N–H and O–H groups in total. The van der Waals surface area contributed by atoms with E-state index in [1.807, 2.05) is 0 Å². The number of esters is 1. The van der Waals surface area contributed by atoms with Crippen molar-refractivity contribution < 1.29 is 32.6 Å². The van der Waals surface area contributed by atoms with Crippen LogP contribution in [-0.4, -0.2) is 38.5 Å². The van der Waals surface area contributed by atoms with Crippen molar-refractivity contribution in [3.05, 3.63) is 48.0 Å². The summed E-state index contributed by atoms with van der Waals surface area (Å²) >= 11 is 0.408. The van der Waals surface area contributed by atoms with Gasteiger partial charge in [0, 0.05) is 16.6 Å². The molecule has 0 saturated carbocycles. The van der Waals surface area contributed by atoms with Crippen LogP contribution in [0.1, 0.15) is 10.4 Å². The third kappa shape index (κ3) is 6.14. The van der Waals surface area contributed by atoms with Gasteiger partial charge in [-0.15, -0.1) is 0 Å². The number of ether oxygens (including phenoxy) is 3. The highest BCUT2D eigenvalue weighted by molar-refractivity contribution is 7.99. The van der Waals surface area contributed by atoms with Crippen LogP contribution in [0.15, 0.2) is 47.4 Å². The number of hydrogen-bond donors (Lipinski definition) is 1. The summed E-state index contributed by atoms with van der Waals surface area (Å²) in [7, 11) is 2.88. The highest BCUT2D eigenvalue weighted by Gasteiger charge is 2.16. The van der Waals surface area contributed by atoms with Crippen LogP contribution in [0.25, 0.3) is 0 Å². The predicted molar refractivity (Wildman–Crippen MR) is 96.8 cm³/mol. The lowest BCUT2D eigenvalue weighted by Crippen LogP contribution is -2.21. The van der Waals surface area contributed by atoms with E-state index in [0.29, 0.717) is 28.1 Å². The zero-order valence-electron chi connectivity index (χ0n) is 14.5. The number of carbonyl (C=O) groups is 2. The molecule has 0 bridgehead atoms. The van der Waals surface area contributed by atoms with E-state index in [9.17, 15) is 18.4 Å². The second kappa shape index (κ2) is 9.77. The molecule has 27 heavy (non-hydrogen) atoms. The van der Waals surface area contributed by atoms with Crippen LogP contribution >= 0.6 is 11.8 Å². The average Bonchev–Trinajstić information content (AvgIpc) is 2.66. The summed E-state index contributed by atoms with van der Waals surface area (Å²) in [4.78, 5) is 24.4. The lowest BCUT2D eigenvalue weighted by Gasteiger charge is -2.10. The van der Waals surface area contributed by atoms with Crippen molar-refractivity contribution in [1.82, 2.24) is 0 Å². The summed E-state index contributed by atoms with van der Waals surface area (Å²) < 4.78 is 39.7. The van der Waals surface area contributed by atoms with Crippen LogP contribution in [0, 0.1) is 0 Å². The highest BCUT2D eigenvalue weighted by Crippen LogP contribution is 2.26. The Bertz CT molecular complexity index is 799. The molecule has 0 aromatic heterocycles. The summed E-state index contributed by atoms with van der Waals surface area (Å²) in [5.41, 5.74) is 0.552. The first-order chi connectivity index (χ1) is 12.9. The van der Waals surface area contributed by atoms with Crippen LogP contribution in [0.3, 0.4) is 0 Å². The Morgan fingerprint density at radius 1 is 1.07 bits per heavy atom. The number of nitrogens with one attached hydrogen (secondary N) is 1. The van der Waals surface area contributed by atoms with Gasteiger partial charge in [0.05, 0.1) is 14.2 Å². The first-order valence-electron chi connectivity index (χ1n) is 7.67. The fraction of sp³-hybridized carbons (Fsp3) is 0.222. The van der Waals surface area contributed by atoms with Gasteiger partial charge in [-0.3, -0.25) is 4.79 Å². The first kappa shape index (κ1) is 20.5. The maximum Gasteiger partial charge on any atom is 0.342 e. The molecule has 0 saturated heterocycles. The smallest absolute Gasteiger partial charge is 0.342 e. The number of halogens is 2. The normalized spacial score (nSPS) is 10.4. The standard InChI is InChI=1S/C18H17F2NO5S/c1-24-12-5-8-14(15(9-12)25-2)17(23)26-10-16(22)21-11-3-6-13(7-4-11)27-18(19)20/h3-9,18H,10H2,1-2H3,(H,21,22). The van der Waals surface area contributed by atoms with Gasteiger partial charge >= 0.3 is 5.97 Å². The van der Waals surface area contributed by atoms with E-state index in [4.69, 9.17) is 14.2 Å². The van der Waals surface area contributed by atoms with Crippen LogP contribution in [0.4, 0.5) is 14.5 Å². The van der Waals surface area contributed by atoms with E-state index in [1.54, 1.807) is 6.07 Å². The molecule has 2 rings (SSSR count). The monoisotopic (exact) mass is 397 g/mol. The van der Waals surface area contributed by atoms with Crippen molar-refractivity contribution in [2.45, 2.75) is 10.7 Å². The molecule has 0 spiro atoms. The summed E-state index contributed by atoms with van der Waals surface area (Å²) in [6.45, 7) is -0.512. The van der Waals surface area contributed by atoms with E-state index < -0.39 is 24.2 Å². The van der Waals surface area contributed by atoms with Gasteiger partial charge in [-0.05, 0) is 36.4 Å². The molecule has 0 unspecified atom stereocenters. The molecular weight excluding hydrogens is 380 g/mol. The highest BCUT2D eigenvalue weighted by atomic mass is 32.2. The predicted octanol–water partition coefficient (Wildman–Crippen LogP) is 3.81. The quantitative estimate of drug-likeness (QED) is 0.539. The zero-order valence-corrected chi connectivity index (χ0v) is 15.3. The number of hydrogen-bond acceptors (Lipinski definition) is 6. The second-order valence-electron chi connectivity index (χ2n) is 5.09. The summed E-state index contributed by atoms with van der Waals surface area (Å²) in [5.74, 6) is -3.04. The molecule has 0 atom stereocenters. The lowest BCUT2D eigenvalue weighted by atomic mass is 10.2. The minimum atomic E-state index is -2.51. The van der Waals surface area contributed by atoms with Crippen LogP contribution in [0.5, 0.6) is 11.5 Å². The molecule has 9 heteroatoms.